The van der Waals surface area contributed by atoms with Crippen LogP contribution in [-0.2, 0) is 19.2 Å². The summed E-state index contributed by atoms with van der Waals surface area (Å²) in [5.74, 6) is -2.48. The molecular formula is C30H62O6S6. The van der Waals surface area contributed by atoms with Crippen molar-refractivity contribution in [3.63, 3.8) is 0 Å². The minimum atomic E-state index is -0.986. The van der Waals surface area contributed by atoms with E-state index in [0.29, 0.717) is 6.42 Å². The Labute approximate surface area is 283 Å². The van der Waals surface area contributed by atoms with Gasteiger partial charge in [-0.3, -0.25) is 14.4 Å². The fourth-order valence-electron chi connectivity index (χ4n) is 3.43. The Hall–Kier alpha value is 0.380. The van der Waals surface area contributed by atoms with E-state index in [1.165, 1.54) is 45.4 Å². The minimum absolute atomic E-state index is 0. The Bertz CT molecular complexity index is 581. The summed E-state index contributed by atoms with van der Waals surface area (Å²) in [7, 11) is 10.6. The van der Waals surface area contributed by atoms with Gasteiger partial charge in [0.2, 0.25) is 0 Å². The van der Waals surface area contributed by atoms with E-state index >= 15 is 0 Å². The Morgan fingerprint density at radius 1 is 0.524 bits per heavy atom. The summed E-state index contributed by atoms with van der Waals surface area (Å²) >= 11 is 0. The van der Waals surface area contributed by atoms with Gasteiger partial charge in [-0.15, -0.1) is 0 Å². The van der Waals surface area contributed by atoms with E-state index in [-0.39, 0.29) is 44.7 Å². The summed E-state index contributed by atoms with van der Waals surface area (Å²) in [5, 5.41) is 17.7. The average molecular weight is 711 g/mol. The number of aliphatic carboxylic acids is 2. The van der Waals surface area contributed by atoms with Crippen molar-refractivity contribution in [2.75, 3.05) is 37.5 Å². The third-order valence-corrected chi connectivity index (χ3v) is 9.76. The summed E-state index contributed by atoms with van der Waals surface area (Å²) in [6.45, 7) is 1.44. The van der Waals surface area contributed by atoms with Gasteiger partial charge in [0.25, 0.3) is 0 Å². The Kier molecular flexibility index (Phi) is 56.6. The number of carbonyl (C=O) groups excluding carboxylic acids is 2. The molecule has 12 heteroatoms. The summed E-state index contributed by atoms with van der Waals surface area (Å²) in [6, 6.07) is 0. The highest BCUT2D eigenvalue weighted by Gasteiger charge is 2.21. The quantitative estimate of drug-likeness (QED) is 0.0735. The highest BCUT2D eigenvalue weighted by Crippen LogP contribution is 2.17. The number of hydrogen-bond donors (Lipinski definition) is 2. The van der Waals surface area contributed by atoms with Gasteiger partial charge in [0.05, 0.1) is 5.92 Å². The summed E-state index contributed by atoms with van der Waals surface area (Å²) in [4.78, 5) is 44.5. The van der Waals surface area contributed by atoms with Crippen molar-refractivity contribution in [1.29, 1.82) is 0 Å². The molecular weight excluding hydrogens is 649 g/mol. The van der Waals surface area contributed by atoms with Crippen molar-refractivity contribution in [1.82, 2.24) is 0 Å². The zero-order chi connectivity index (χ0) is 32.2. The maximum Gasteiger partial charge on any atom is 0.306 e. The number of ketones is 2. The number of hydrogen-bond acceptors (Lipinski definition) is 10. The van der Waals surface area contributed by atoms with Crippen LogP contribution in [-0.4, -0.2) is 71.3 Å². The number of carboxylic acid groups (broad SMARTS) is 2. The van der Waals surface area contributed by atoms with Crippen LogP contribution in [0, 0.1) is 5.92 Å². The normalized spacial score (nSPS) is 10.4. The molecule has 0 aliphatic rings. The van der Waals surface area contributed by atoms with Crippen LogP contribution in [0.3, 0.4) is 0 Å². The Morgan fingerprint density at radius 3 is 1.10 bits per heavy atom. The highest BCUT2D eigenvalue weighted by atomic mass is 33.1. The molecule has 0 heterocycles. The standard InChI is InChI=1S/C23H40O6.3C2H6S2.CH4/c1-19(24)16-17-20(23(28)29)18-21(25)14-12-10-8-6-4-2-3-5-7-9-11-13-15-22(26)27;3*1-3-4-2;/h20H,2-18H2,1H3,(H,26,27)(H,28,29);3*1-2H3;1H4/t20-;;;;/m1..../s1. The molecule has 0 bridgehead atoms. The van der Waals surface area contributed by atoms with Gasteiger partial charge in [-0.1, -0.05) is 136 Å². The van der Waals surface area contributed by atoms with E-state index < -0.39 is 17.9 Å². The number of rotatable bonds is 24. The smallest absolute Gasteiger partial charge is 0.306 e. The second kappa shape index (κ2) is 45.8. The van der Waals surface area contributed by atoms with Crippen molar-refractivity contribution in [2.24, 2.45) is 5.92 Å². The molecule has 0 aromatic rings. The highest BCUT2D eigenvalue weighted by molar-refractivity contribution is 8.76. The van der Waals surface area contributed by atoms with Gasteiger partial charge in [-0.05, 0) is 63.7 Å². The molecule has 0 aromatic heterocycles. The largest absolute Gasteiger partial charge is 0.481 e. The molecule has 0 unspecified atom stereocenters. The number of Topliss-reactive ketones (excluding diaryl/α,β-unsaturated/α-hetero) is 2. The molecule has 0 radical (unpaired) electrons. The SMILES string of the molecule is C.CC(=O)CC[C@H](CC(=O)CCCCCCCCCCCCCCC(=O)O)C(=O)O.CSSC.CSSC.CSSC. The van der Waals surface area contributed by atoms with E-state index in [4.69, 9.17) is 10.2 Å². The van der Waals surface area contributed by atoms with Crippen LogP contribution >= 0.6 is 64.8 Å². The van der Waals surface area contributed by atoms with Gasteiger partial charge < -0.3 is 15.0 Å². The number of carbonyl (C=O) groups is 4. The van der Waals surface area contributed by atoms with Crippen molar-refractivity contribution in [3.05, 3.63) is 0 Å². The molecule has 1 atom stereocenters. The lowest BCUT2D eigenvalue weighted by Gasteiger charge is -2.10. The maximum absolute atomic E-state index is 12.0. The van der Waals surface area contributed by atoms with E-state index in [1.54, 1.807) is 64.8 Å². The molecule has 42 heavy (non-hydrogen) atoms. The van der Waals surface area contributed by atoms with E-state index in [0.717, 1.165) is 38.5 Å². The number of carboxylic acids is 2. The molecule has 0 saturated carbocycles. The maximum atomic E-state index is 12.0. The van der Waals surface area contributed by atoms with Crippen LogP contribution in [0.4, 0.5) is 0 Å². The van der Waals surface area contributed by atoms with Gasteiger partial charge >= 0.3 is 11.9 Å². The third kappa shape index (κ3) is 56.2. The second-order valence-corrected chi connectivity index (χ2v) is 17.2. The van der Waals surface area contributed by atoms with Crippen LogP contribution in [0.2, 0.25) is 0 Å². The van der Waals surface area contributed by atoms with Crippen LogP contribution in [0.25, 0.3) is 0 Å². The van der Waals surface area contributed by atoms with Gasteiger partial charge in [0.1, 0.15) is 11.6 Å². The predicted octanol–water partition coefficient (Wildman–Crippen LogP) is 11.1. The van der Waals surface area contributed by atoms with Crippen LogP contribution in [0.15, 0.2) is 0 Å². The topological polar surface area (TPSA) is 109 Å². The predicted molar refractivity (Wildman–Crippen MR) is 201 cm³/mol. The molecule has 0 rings (SSSR count). The third-order valence-electron chi connectivity index (χ3n) is 5.76. The van der Waals surface area contributed by atoms with Crippen molar-refractivity contribution < 1.29 is 29.4 Å². The zero-order valence-electron chi connectivity index (χ0n) is 26.6. The van der Waals surface area contributed by atoms with Gasteiger partial charge in [-0.25, -0.2) is 0 Å². The molecule has 0 aliphatic carbocycles. The molecule has 0 aromatic carbocycles. The van der Waals surface area contributed by atoms with Crippen molar-refractivity contribution in [3.8, 4) is 0 Å². The first-order valence-corrected chi connectivity index (χ1v) is 23.1. The summed E-state index contributed by atoms with van der Waals surface area (Å²) < 4.78 is 0. The first-order valence-electron chi connectivity index (χ1n) is 14.2. The van der Waals surface area contributed by atoms with Crippen LogP contribution in [0.1, 0.15) is 124 Å². The molecule has 0 fully saturated rings. The monoisotopic (exact) mass is 710 g/mol. The molecule has 0 amide bonds. The summed E-state index contributed by atoms with van der Waals surface area (Å²) in [5.41, 5.74) is 0. The fraction of sp³-hybridized carbons (Fsp3) is 0.867. The molecule has 0 aliphatic heterocycles. The zero-order valence-corrected chi connectivity index (χ0v) is 31.5. The van der Waals surface area contributed by atoms with Gasteiger partial charge in [0.15, 0.2) is 0 Å². The van der Waals surface area contributed by atoms with E-state index in [9.17, 15) is 19.2 Å². The minimum Gasteiger partial charge on any atom is -0.481 e. The molecule has 0 saturated heterocycles. The molecule has 6 nitrogen and oxygen atoms in total. The van der Waals surface area contributed by atoms with Crippen molar-refractivity contribution >= 4 is 88.3 Å². The number of unbranched alkanes of at least 4 members (excludes halogenated alkanes) is 11. The lowest BCUT2D eigenvalue weighted by atomic mass is 9.94. The average Bonchev–Trinajstić information content (AvgIpc) is 2.95. The van der Waals surface area contributed by atoms with Gasteiger partial charge in [0, 0.05) is 25.7 Å². The van der Waals surface area contributed by atoms with Crippen molar-refractivity contribution in [2.45, 2.75) is 124 Å². The first-order chi connectivity index (χ1) is 19.6. The lowest BCUT2D eigenvalue weighted by Crippen LogP contribution is -2.18. The van der Waals surface area contributed by atoms with E-state index in [2.05, 4.69) is 37.5 Å². The second-order valence-electron chi connectivity index (χ2n) is 9.16. The lowest BCUT2D eigenvalue weighted by molar-refractivity contribution is -0.144. The first kappa shape index (κ1) is 51.9. The molecule has 0 spiro atoms. The molecule has 2 N–H and O–H groups in total. The van der Waals surface area contributed by atoms with Gasteiger partial charge in [-0.2, -0.15) is 0 Å². The summed E-state index contributed by atoms with van der Waals surface area (Å²) in [6.07, 6.45) is 26.7. The Morgan fingerprint density at radius 2 is 0.833 bits per heavy atom. The van der Waals surface area contributed by atoms with Crippen LogP contribution < -0.4 is 0 Å². The molecule has 254 valence electrons. The van der Waals surface area contributed by atoms with Crippen LogP contribution in [0.5, 0.6) is 0 Å². The Balaban J connectivity index is -0.000000295. The fourth-order valence-corrected chi connectivity index (χ4v) is 3.43. The van der Waals surface area contributed by atoms with E-state index in [1.807, 2.05) is 0 Å².